The molecule has 3 heteroatoms. The number of aliphatic hydroxyl groups is 1. The van der Waals surface area contributed by atoms with E-state index >= 15 is 0 Å². The average Bonchev–Trinajstić information content (AvgIpc) is 1.88. The fraction of sp³-hybridized carbons (Fsp3) is 0.625. The van der Waals surface area contributed by atoms with Crippen LogP contribution in [0.25, 0.3) is 0 Å². The highest BCUT2D eigenvalue weighted by Crippen LogP contribution is 1.92. The summed E-state index contributed by atoms with van der Waals surface area (Å²) < 4.78 is 0. The minimum Gasteiger partial charge on any atom is -0.481 e. The third-order valence-corrected chi connectivity index (χ3v) is 0.816. The van der Waals surface area contributed by atoms with E-state index in [1.54, 1.807) is 0 Å². The summed E-state index contributed by atoms with van der Waals surface area (Å²) in [4.78, 5) is 9.00. The number of carboxylic acids is 1. The highest BCUT2D eigenvalue weighted by atomic mass is 16.4. The van der Waals surface area contributed by atoms with Crippen molar-refractivity contribution in [3.8, 4) is 0 Å². The van der Waals surface area contributed by atoms with Crippen LogP contribution in [0.15, 0.2) is 12.7 Å². The van der Waals surface area contributed by atoms with Gasteiger partial charge in [-0.15, -0.1) is 6.58 Å². The molecule has 0 spiro atoms. The van der Waals surface area contributed by atoms with Crippen molar-refractivity contribution in [2.45, 2.75) is 26.2 Å². The van der Waals surface area contributed by atoms with Gasteiger partial charge in [-0.25, -0.2) is 0 Å². The molecule has 2 N–H and O–H groups in total. The zero-order valence-electron chi connectivity index (χ0n) is 6.92. The van der Waals surface area contributed by atoms with Crippen LogP contribution in [0.1, 0.15) is 26.2 Å². The van der Waals surface area contributed by atoms with E-state index in [0.29, 0.717) is 6.61 Å². The van der Waals surface area contributed by atoms with E-state index in [9.17, 15) is 0 Å². The number of aliphatic hydroxyl groups excluding tert-OH is 1. The summed E-state index contributed by atoms with van der Waals surface area (Å²) in [5.41, 5.74) is 0. The molecule has 0 atom stereocenters. The number of unbranched alkanes of at least 4 members (excludes halogenated alkanes) is 2. The summed E-state index contributed by atoms with van der Waals surface area (Å²) in [5.74, 6) is -0.833. The van der Waals surface area contributed by atoms with Crippen molar-refractivity contribution in [3.05, 3.63) is 12.7 Å². The van der Waals surface area contributed by atoms with E-state index < -0.39 is 5.97 Å². The molecule has 0 radical (unpaired) electrons. The molecule has 0 aromatic heterocycles. The quantitative estimate of drug-likeness (QED) is 0.483. The van der Waals surface area contributed by atoms with Crippen LogP contribution in [0.3, 0.4) is 0 Å². The Morgan fingerprint density at radius 2 is 2.00 bits per heavy atom. The van der Waals surface area contributed by atoms with E-state index in [1.165, 1.54) is 0 Å². The van der Waals surface area contributed by atoms with Gasteiger partial charge in [-0.2, -0.15) is 0 Å². The number of hydrogen-bond donors (Lipinski definition) is 2. The summed E-state index contributed by atoms with van der Waals surface area (Å²) in [6, 6.07) is 0. The van der Waals surface area contributed by atoms with Crippen molar-refractivity contribution in [3.63, 3.8) is 0 Å². The highest BCUT2D eigenvalue weighted by molar-refractivity contribution is 5.62. The summed E-state index contributed by atoms with van der Waals surface area (Å²) in [5, 5.41) is 15.7. The molecule has 0 aliphatic rings. The van der Waals surface area contributed by atoms with Crippen LogP contribution < -0.4 is 0 Å². The number of carbonyl (C=O) groups is 1. The molecule has 0 aromatic carbocycles. The lowest BCUT2D eigenvalue weighted by molar-refractivity contribution is -0.134. The standard InChI is InChI=1S/C6H12O.C2H4O2/c1-2-3-4-5-6-7;1-2(3)4/h2,7H,1,3-6H2;1H3,(H,3,4). The van der Waals surface area contributed by atoms with Gasteiger partial charge in [0.2, 0.25) is 0 Å². The number of allylic oxidation sites excluding steroid dienone is 1. The maximum absolute atomic E-state index is 9.00. The Morgan fingerprint density at radius 1 is 1.55 bits per heavy atom. The van der Waals surface area contributed by atoms with Crippen molar-refractivity contribution >= 4 is 5.97 Å². The molecule has 0 fully saturated rings. The van der Waals surface area contributed by atoms with Crippen LogP contribution in [0.5, 0.6) is 0 Å². The molecule has 0 saturated carbocycles. The summed E-state index contributed by atoms with van der Waals surface area (Å²) >= 11 is 0. The van der Waals surface area contributed by atoms with Gasteiger partial charge in [0.1, 0.15) is 0 Å². The molecule has 3 nitrogen and oxygen atoms in total. The monoisotopic (exact) mass is 160 g/mol. The van der Waals surface area contributed by atoms with Gasteiger partial charge >= 0.3 is 0 Å². The van der Waals surface area contributed by atoms with Crippen molar-refractivity contribution < 1.29 is 15.0 Å². The van der Waals surface area contributed by atoms with Gasteiger partial charge in [0.25, 0.3) is 5.97 Å². The van der Waals surface area contributed by atoms with Crippen molar-refractivity contribution in [1.29, 1.82) is 0 Å². The minimum atomic E-state index is -0.833. The SMILES string of the molecule is C=CCCCCO.CC(=O)O. The van der Waals surface area contributed by atoms with Crippen LogP contribution in [0.4, 0.5) is 0 Å². The second kappa shape index (κ2) is 11.9. The maximum atomic E-state index is 9.00. The van der Waals surface area contributed by atoms with Gasteiger partial charge in [0, 0.05) is 13.5 Å². The van der Waals surface area contributed by atoms with Crippen molar-refractivity contribution in [2.75, 3.05) is 6.61 Å². The van der Waals surface area contributed by atoms with Gasteiger partial charge in [-0.1, -0.05) is 6.08 Å². The van der Waals surface area contributed by atoms with E-state index in [-0.39, 0.29) is 0 Å². The predicted octanol–water partition coefficient (Wildman–Crippen LogP) is 1.43. The van der Waals surface area contributed by atoms with Gasteiger partial charge in [-0.3, -0.25) is 4.79 Å². The Labute approximate surface area is 67.4 Å². The first kappa shape index (κ1) is 12.8. The second-order valence-corrected chi connectivity index (χ2v) is 2.03. The lowest BCUT2D eigenvalue weighted by atomic mass is 10.2. The number of hydrogen-bond acceptors (Lipinski definition) is 2. The van der Waals surface area contributed by atoms with Crippen LogP contribution in [0.2, 0.25) is 0 Å². The van der Waals surface area contributed by atoms with Crippen LogP contribution >= 0.6 is 0 Å². The number of carboxylic acid groups (broad SMARTS) is 1. The first-order valence-electron chi connectivity index (χ1n) is 3.56. The summed E-state index contributed by atoms with van der Waals surface area (Å²) in [6.45, 7) is 4.95. The molecule has 66 valence electrons. The lowest BCUT2D eigenvalue weighted by Crippen LogP contribution is -1.79. The van der Waals surface area contributed by atoms with Crippen LogP contribution in [-0.4, -0.2) is 22.8 Å². The zero-order chi connectivity index (χ0) is 9.11. The fourth-order valence-electron chi connectivity index (χ4n) is 0.400. The van der Waals surface area contributed by atoms with E-state index in [4.69, 9.17) is 15.0 Å². The molecule has 0 aliphatic heterocycles. The van der Waals surface area contributed by atoms with Gasteiger partial charge in [0.15, 0.2) is 0 Å². The molecule has 0 heterocycles. The average molecular weight is 160 g/mol. The maximum Gasteiger partial charge on any atom is 0.300 e. The molecule has 0 bridgehead atoms. The number of aliphatic carboxylic acids is 1. The first-order valence-corrected chi connectivity index (χ1v) is 3.56. The molecule has 0 amide bonds. The summed E-state index contributed by atoms with van der Waals surface area (Å²) in [6.07, 6.45) is 4.88. The largest absolute Gasteiger partial charge is 0.481 e. The molecule has 0 unspecified atom stereocenters. The minimum absolute atomic E-state index is 0.313. The topological polar surface area (TPSA) is 57.5 Å². The van der Waals surface area contributed by atoms with Crippen LogP contribution in [0, 0.1) is 0 Å². The smallest absolute Gasteiger partial charge is 0.300 e. The third kappa shape index (κ3) is 46.9. The van der Waals surface area contributed by atoms with Gasteiger partial charge in [-0.05, 0) is 19.3 Å². The second-order valence-electron chi connectivity index (χ2n) is 2.03. The lowest BCUT2D eigenvalue weighted by Gasteiger charge is -1.87. The molecule has 0 saturated heterocycles. The van der Waals surface area contributed by atoms with Gasteiger partial charge in [0.05, 0.1) is 0 Å². The molecule has 11 heavy (non-hydrogen) atoms. The van der Waals surface area contributed by atoms with E-state index in [1.807, 2.05) is 6.08 Å². The molecule has 0 aromatic rings. The van der Waals surface area contributed by atoms with Gasteiger partial charge < -0.3 is 10.2 Å². The van der Waals surface area contributed by atoms with Crippen molar-refractivity contribution in [2.24, 2.45) is 0 Å². The molecular formula is C8H16O3. The van der Waals surface area contributed by atoms with Crippen LogP contribution in [-0.2, 0) is 4.79 Å². The van der Waals surface area contributed by atoms with Crippen molar-refractivity contribution in [1.82, 2.24) is 0 Å². The molecule has 0 rings (SSSR count). The van der Waals surface area contributed by atoms with E-state index in [2.05, 4.69) is 6.58 Å². The zero-order valence-corrected chi connectivity index (χ0v) is 6.92. The van der Waals surface area contributed by atoms with E-state index in [0.717, 1.165) is 26.2 Å². The Hall–Kier alpha value is -0.830. The Kier molecular flexibility index (Phi) is 13.9. The number of rotatable bonds is 4. The Morgan fingerprint density at radius 3 is 2.27 bits per heavy atom. The fourth-order valence-corrected chi connectivity index (χ4v) is 0.400. The first-order chi connectivity index (χ1) is 5.15. The Bertz CT molecular complexity index is 95.5. The normalized spacial score (nSPS) is 7.82. The highest BCUT2D eigenvalue weighted by Gasteiger charge is 1.78. The predicted molar refractivity (Wildman–Crippen MR) is 44.4 cm³/mol. The summed E-state index contributed by atoms with van der Waals surface area (Å²) in [7, 11) is 0. The Balaban J connectivity index is 0. The third-order valence-electron chi connectivity index (χ3n) is 0.816. The molecule has 0 aliphatic carbocycles. The molecular weight excluding hydrogens is 144 g/mol.